The summed E-state index contributed by atoms with van der Waals surface area (Å²) in [7, 11) is 0. The highest BCUT2D eigenvalue weighted by molar-refractivity contribution is 9.10. The van der Waals surface area contributed by atoms with Crippen molar-refractivity contribution in [2.45, 2.75) is 18.4 Å². The second-order valence-electron chi connectivity index (χ2n) is 3.26. The molecule has 0 bridgehead atoms. The van der Waals surface area contributed by atoms with Crippen LogP contribution in [0, 0.1) is 5.82 Å². The Kier molecular flexibility index (Phi) is 3.00. The zero-order chi connectivity index (χ0) is 8.77. The third-order valence-corrected chi connectivity index (χ3v) is 2.89. The lowest BCUT2D eigenvalue weighted by Crippen LogP contribution is -2.20. The van der Waals surface area contributed by atoms with Crippen molar-refractivity contribution in [2.75, 3.05) is 0 Å². The van der Waals surface area contributed by atoms with E-state index in [9.17, 15) is 4.39 Å². The normalized spacial score (nSPS) is 17.8. The lowest BCUT2D eigenvalue weighted by molar-refractivity contribution is 0.572. The van der Waals surface area contributed by atoms with Gasteiger partial charge in [-0.2, -0.15) is 0 Å². The van der Waals surface area contributed by atoms with Crippen LogP contribution >= 0.6 is 28.3 Å². The van der Waals surface area contributed by atoms with Crippen LogP contribution in [0.2, 0.25) is 0 Å². The molecule has 0 amide bonds. The second-order valence-corrected chi connectivity index (χ2v) is 4.11. The molecule has 2 rings (SSSR count). The Hall–Kier alpha value is -0.120. The highest BCUT2D eigenvalue weighted by Crippen LogP contribution is 2.44. The zero-order valence-corrected chi connectivity index (χ0v) is 9.29. The number of hydrogen-bond donors (Lipinski definition) is 1. The molecule has 1 aromatic rings. The molecule has 1 aliphatic rings. The van der Waals surface area contributed by atoms with Crippen molar-refractivity contribution in [3.8, 4) is 0 Å². The topological polar surface area (TPSA) is 26.0 Å². The van der Waals surface area contributed by atoms with Gasteiger partial charge in [0.25, 0.3) is 0 Å². The van der Waals surface area contributed by atoms with Crippen molar-refractivity contribution < 1.29 is 4.39 Å². The third kappa shape index (κ3) is 1.87. The van der Waals surface area contributed by atoms with Crippen LogP contribution in [0.3, 0.4) is 0 Å². The molecular weight excluding hydrogens is 256 g/mol. The van der Waals surface area contributed by atoms with E-state index in [1.807, 2.05) is 6.07 Å². The van der Waals surface area contributed by atoms with Gasteiger partial charge in [0.05, 0.1) is 4.47 Å². The molecule has 1 nitrogen and oxygen atoms in total. The van der Waals surface area contributed by atoms with Crippen LogP contribution in [-0.4, -0.2) is 0 Å². The SMILES string of the molecule is Cl.NC1(c2cccc(Br)c2F)CC1. The summed E-state index contributed by atoms with van der Waals surface area (Å²) >= 11 is 3.14. The largest absolute Gasteiger partial charge is 0.321 e. The van der Waals surface area contributed by atoms with Crippen LogP contribution in [0.15, 0.2) is 22.7 Å². The molecule has 0 atom stereocenters. The van der Waals surface area contributed by atoms with Crippen molar-refractivity contribution in [1.82, 2.24) is 0 Å². The summed E-state index contributed by atoms with van der Waals surface area (Å²) in [5.74, 6) is -0.211. The standard InChI is InChI=1S/C9H9BrFN.ClH/c10-7-3-1-2-6(8(7)11)9(12)4-5-9;/h1-3H,4-5,12H2;1H. The molecule has 13 heavy (non-hydrogen) atoms. The summed E-state index contributed by atoms with van der Waals surface area (Å²) in [6.07, 6.45) is 1.78. The van der Waals surface area contributed by atoms with E-state index >= 15 is 0 Å². The van der Waals surface area contributed by atoms with E-state index in [4.69, 9.17) is 5.73 Å². The molecule has 0 radical (unpaired) electrons. The van der Waals surface area contributed by atoms with E-state index in [1.54, 1.807) is 12.1 Å². The van der Waals surface area contributed by atoms with Crippen molar-refractivity contribution >= 4 is 28.3 Å². The number of halogens is 3. The van der Waals surface area contributed by atoms with Gasteiger partial charge in [-0.05, 0) is 34.8 Å². The summed E-state index contributed by atoms with van der Waals surface area (Å²) in [6.45, 7) is 0. The van der Waals surface area contributed by atoms with Crippen LogP contribution in [0.1, 0.15) is 18.4 Å². The third-order valence-electron chi connectivity index (χ3n) is 2.28. The van der Waals surface area contributed by atoms with Crippen molar-refractivity contribution in [1.29, 1.82) is 0 Å². The lowest BCUT2D eigenvalue weighted by atomic mass is 10.1. The maximum absolute atomic E-state index is 13.4. The van der Waals surface area contributed by atoms with Crippen LogP contribution < -0.4 is 5.73 Å². The summed E-state index contributed by atoms with van der Waals surface area (Å²) in [5, 5.41) is 0. The Labute approximate surface area is 91.0 Å². The molecule has 72 valence electrons. The van der Waals surface area contributed by atoms with Gasteiger partial charge in [-0.25, -0.2) is 4.39 Å². The van der Waals surface area contributed by atoms with Gasteiger partial charge in [-0.15, -0.1) is 12.4 Å². The Morgan fingerprint density at radius 3 is 2.54 bits per heavy atom. The molecule has 4 heteroatoms. The van der Waals surface area contributed by atoms with Gasteiger partial charge in [-0.1, -0.05) is 12.1 Å². The minimum Gasteiger partial charge on any atom is -0.321 e. The molecular formula is C9H10BrClFN. The van der Waals surface area contributed by atoms with Gasteiger partial charge < -0.3 is 5.73 Å². The quantitative estimate of drug-likeness (QED) is 0.831. The molecule has 0 saturated heterocycles. The van der Waals surface area contributed by atoms with Crippen LogP contribution in [0.25, 0.3) is 0 Å². The number of hydrogen-bond acceptors (Lipinski definition) is 1. The molecule has 0 aromatic heterocycles. The van der Waals surface area contributed by atoms with E-state index in [0.29, 0.717) is 10.0 Å². The monoisotopic (exact) mass is 265 g/mol. The Morgan fingerprint density at radius 1 is 1.38 bits per heavy atom. The van der Waals surface area contributed by atoms with Crippen molar-refractivity contribution in [3.05, 3.63) is 34.1 Å². The molecule has 1 fully saturated rings. The van der Waals surface area contributed by atoms with Gasteiger partial charge in [0.1, 0.15) is 5.82 Å². The van der Waals surface area contributed by atoms with E-state index in [2.05, 4.69) is 15.9 Å². The predicted octanol–water partition coefficient (Wildman–Crippen LogP) is 2.96. The number of benzene rings is 1. The van der Waals surface area contributed by atoms with Crippen molar-refractivity contribution in [3.63, 3.8) is 0 Å². The number of nitrogens with two attached hydrogens (primary N) is 1. The Balaban J connectivity index is 0.000000845. The van der Waals surface area contributed by atoms with E-state index < -0.39 is 0 Å². The summed E-state index contributed by atoms with van der Waals surface area (Å²) in [4.78, 5) is 0. The molecule has 0 heterocycles. The fourth-order valence-corrected chi connectivity index (χ4v) is 1.66. The molecule has 1 saturated carbocycles. The zero-order valence-electron chi connectivity index (χ0n) is 6.89. The Bertz CT molecular complexity index is 325. The minimum absolute atomic E-state index is 0. The average Bonchev–Trinajstić information content (AvgIpc) is 2.75. The smallest absolute Gasteiger partial charge is 0.142 e. The number of rotatable bonds is 1. The average molecular weight is 267 g/mol. The first kappa shape index (κ1) is 11.0. The van der Waals surface area contributed by atoms with Crippen LogP contribution in [0.4, 0.5) is 4.39 Å². The van der Waals surface area contributed by atoms with E-state index in [-0.39, 0.29) is 23.8 Å². The predicted molar refractivity (Wildman–Crippen MR) is 56.4 cm³/mol. The first-order valence-electron chi connectivity index (χ1n) is 3.87. The summed E-state index contributed by atoms with van der Waals surface area (Å²) in [5.41, 5.74) is 6.13. The summed E-state index contributed by atoms with van der Waals surface area (Å²) < 4.78 is 13.9. The fraction of sp³-hybridized carbons (Fsp3) is 0.333. The Morgan fingerprint density at radius 2 is 2.00 bits per heavy atom. The lowest BCUT2D eigenvalue weighted by Gasteiger charge is -2.10. The maximum atomic E-state index is 13.4. The van der Waals surface area contributed by atoms with Crippen LogP contribution in [-0.2, 0) is 5.54 Å². The fourth-order valence-electron chi connectivity index (χ4n) is 1.29. The van der Waals surface area contributed by atoms with Gasteiger partial charge >= 0.3 is 0 Å². The first-order valence-corrected chi connectivity index (χ1v) is 4.66. The highest BCUT2D eigenvalue weighted by atomic mass is 79.9. The van der Waals surface area contributed by atoms with E-state index in [0.717, 1.165) is 12.8 Å². The molecule has 1 aromatic carbocycles. The second kappa shape index (κ2) is 3.56. The van der Waals surface area contributed by atoms with Gasteiger partial charge in [0, 0.05) is 11.1 Å². The van der Waals surface area contributed by atoms with Gasteiger partial charge in [0.15, 0.2) is 0 Å². The van der Waals surface area contributed by atoms with E-state index in [1.165, 1.54) is 0 Å². The summed E-state index contributed by atoms with van der Waals surface area (Å²) in [6, 6.07) is 5.26. The molecule has 2 N–H and O–H groups in total. The molecule has 0 spiro atoms. The molecule has 0 unspecified atom stereocenters. The van der Waals surface area contributed by atoms with Gasteiger partial charge in [-0.3, -0.25) is 0 Å². The first-order chi connectivity index (χ1) is 5.63. The van der Waals surface area contributed by atoms with Crippen LogP contribution in [0.5, 0.6) is 0 Å². The maximum Gasteiger partial charge on any atom is 0.142 e. The van der Waals surface area contributed by atoms with Crippen molar-refractivity contribution in [2.24, 2.45) is 5.73 Å². The highest BCUT2D eigenvalue weighted by Gasteiger charge is 2.42. The molecule has 1 aliphatic carbocycles. The molecule has 0 aliphatic heterocycles. The van der Waals surface area contributed by atoms with Gasteiger partial charge in [0.2, 0.25) is 0 Å². The minimum atomic E-state index is -0.381.